The van der Waals surface area contributed by atoms with Gasteiger partial charge < -0.3 is 15.0 Å². The van der Waals surface area contributed by atoms with Gasteiger partial charge in [-0.25, -0.2) is 18.0 Å². The number of hydrogen-bond donors (Lipinski definition) is 2. The van der Waals surface area contributed by atoms with Crippen LogP contribution in [-0.4, -0.2) is 45.5 Å². The van der Waals surface area contributed by atoms with E-state index in [9.17, 15) is 18.0 Å². The van der Waals surface area contributed by atoms with Crippen LogP contribution in [0, 0.1) is 0 Å². The minimum absolute atomic E-state index is 0.0607. The molecule has 0 spiro atoms. The highest BCUT2D eigenvalue weighted by Gasteiger charge is 2.18. The molecule has 154 valence electrons. The van der Waals surface area contributed by atoms with Crippen LogP contribution in [-0.2, 0) is 14.8 Å². The lowest BCUT2D eigenvalue weighted by atomic mass is 10.1. The number of likely N-dealkylation sites (tertiary alicyclic amines) is 1. The van der Waals surface area contributed by atoms with Crippen molar-refractivity contribution in [2.24, 2.45) is 0 Å². The molecule has 2 aromatic carbocycles. The number of esters is 1. The van der Waals surface area contributed by atoms with Crippen LogP contribution in [0.2, 0.25) is 0 Å². The van der Waals surface area contributed by atoms with E-state index in [1.54, 1.807) is 17.0 Å². The summed E-state index contributed by atoms with van der Waals surface area (Å²) in [6.45, 7) is 1.47. The van der Waals surface area contributed by atoms with Crippen LogP contribution in [0.15, 0.2) is 53.4 Å². The Morgan fingerprint density at radius 1 is 0.897 bits per heavy atom. The van der Waals surface area contributed by atoms with Crippen LogP contribution in [0.5, 0.6) is 0 Å². The molecule has 0 aromatic heterocycles. The molecule has 2 N–H and O–H groups in total. The molecule has 0 aliphatic carbocycles. The first-order valence-corrected chi connectivity index (χ1v) is 10.7. The predicted octanol–water partition coefficient (Wildman–Crippen LogP) is 3.29. The highest BCUT2D eigenvalue weighted by Crippen LogP contribution is 2.20. The zero-order valence-electron chi connectivity index (χ0n) is 16.1. The molecule has 0 radical (unpaired) electrons. The number of nitrogens with one attached hydrogen (secondary N) is 2. The second-order valence-electron chi connectivity index (χ2n) is 6.68. The van der Waals surface area contributed by atoms with Crippen molar-refractivity contribution in [3.63, 3.8) is 0 Å². The molecule has 3 rings (SSSR count). The molecule has 0 unspecified atom stereocenters. The normalized spacial score (nSPS) is 14.2. The highest BCUT2D eigenvalue weighted by molar-refractivity contribution is 7.92. The van der Waals surface area contributed by atoms with Crippen LogP contribution < -0.4 is 10.0 Å². The summed E-state index contributed by atoms with van der Waals surface area (Å²) in [5, 5.41) is 2.79. The number of anilines is 2. The molecule has 1 heterocycles. The first-order valence-electron chi connectivity index (χ1n) is 9.26. The SMILES string of the molecule is COC(=O)c1ccc(NS(=O)(=O)c2ccc(NC(=O)N3CCCCC3)cc2)cc1. The number of rotatable bonds is 5. The van der Waals surface area contributed by atoms with Gasteiger partial charge in [0.15, 0.2) is 0 Å². The predicted molar refractivity (Wildman–Crippen MR) is 109 cm³/mol. The summed E-state index contributed by atoms with van der Waals surface area (Å²) in [5.74, 6) is -0.499. The standard InChI is InChI=1S/C20H23N3O5S/c1-28-19(24)15-5-7-17(8-6-15)22-29(26,27)18-11-9-16(10-12-18)21-20(25)23-13-3-2-4-14-23/h5-12,22H,2-4,13-14H2,1H3,(H,21,25). The molecule has 9 heteroatoms. The van der Waals surface area contributed by atoms with Crippen molar-refractivity contribution in [1.29, 1.82) is 0 Å². The number of nitrogens with zero attached hydrogens (tertiary/aromatic N) is 1. The maximum absolute atomic E-state index is 12.6. The van der Waals surface area contributed by atoms with Gasteiger partial charge in [0.1, 0.15) is 0 Å². The van der Waals surface area contributed by atoms with Crippen molar-refractivity contribution >= 4 is 33.4 Å². The van der Waals surface area contributed by atoms with E-state index in [0.29, 0.717) is 16.9 Å². The highest BCUT2D eigenvalue weighted by atomic mass is 32.2. The van der Waals surface area contributed by atoms with Gasteiger partial charge in [0.2, 0.25) is 0 Å². The summed E-state index contributed by atoms with van der Waals surface area (Å²) in [5.41, 5.74) is 1.17. The Labute approximate surface area is 169 Å². The topological polar surface area (TPSA) is 105 Å². The van der Waals surface area contributed by atoms with E-state index in [2.05, 4.69) is 14.8 Å². The maximum Gasteiger partial charge on any atom is 0.337 e. The molecule has 1 fully saturated rings. The summed E-state index contributed by atoms with van der Waals surface area (Å²) >= 11 is 0. The van der Waals surface area contributed by atoms with Gasteiger partial charge in [0.25, 0.3) is 10.0 Å². The number of methoxy groups -OCH3 is 1. The second kappa shape index (κ2) is 8.95. The van der Waals surface area contributed by atoms with E-state index in [4.69, 9.17) is 0 Å². The molecule has 8 nitrogen and oxygen atoms in total. The monoisotopic (exact) mass is 417 g/mol. The van der Waals surface area contributed by atoms with E-state index in [0.717, 1.165) is 32.4 Å². The third-order valence-electron chi connectivity index (χ3n) is 4.62. The number of amides is 2. The fourth-order valence-corrected chi connectivity index (χ4v) is 4.08. The number of urea groups is 1. The zero-order chi connectivity index (χ0) is 20.9. The number of piperidine rings is 1. The summed E-state index contributed by atoms with van der Waals surface area (Å²) in [6, 6.07) is 11.7. The summed E-state index contributed by atoms with van der Waals surface area (Å²) in [6.07, 6.45) is 3.13. The number of ether oxygens (including phenoxy) is 1. The lowest BCUT2D eigenvalue weighted by Gasteiger charge is -2.26. The minimum atomic E-state index is -3.81. The summed E-state index contributed by atoms with van der Waals surface area (Å²) in [4.78, 5) is 25.5. The molecule has 2 aromatic rings. The minimum Gasteiger partial charge on any atom is -0.465 e. The van der Waals surface area contributed by atoms with E-state index in [-0.39, 0.29) is 10.9 Å². The van der Waals surface area contributed by atoms with E-state index in [1.807, 2.05) is 0 Å². The van der Waals surface area contributed by atoms with Crippen molar-refractivity contribution in [2.75, 3.05) is 30.2 Å². The number of carbonyl (C=O) groups excluding carboxylic acids is 2. The molecule has 1 aliphatic rings. The Balaban J connectivity index is 1.64. The zero-order valence-corrected chi connectivity index (χ0v) is 16.9. The average Bonchev–Trinajstić information content (AvgIpc) is 2.74. The van der Waals surface area contributed by atoms with Crippen LogP contribution in [0.3, 0.4) is 0 Å². The maximum atomic E-state index is 12.6. The van der Waals surface area contributed by atoms with Gasteiger partial charge in [0.05, 0.1) is 17.6 Å². The van der Waals surface area contributed by atoms with Crippen LogP contribution >= 0.6 is 0 Å². The third-order valence-corrected chi connectivity index (χ3v) is 6.01. The molecule has 0 saturated carbocycles. The lowest BCUT2D eigenvalue weighted by Crippen LogP contribution is -2.38. The average molecular weight is 417 g/mol. The first kappa shape index (κ1) is 20.7. The molecule has 29 heavy (non-hydrogen) atoms. The fourth-order valence-electron chi connectivity index (χ4n) is 3.02. The van der Waals surface area contributed by atoms with Crippen molar-refractivity contribution in [2.45, 2.75) is 24.2 Å². The number of sulfonamides is 1. The Morgan fingerprint density at radius 3 is 2.07 bits per heavy atom. The van der Waals surface area contributed by atoms with Crippen molar-refractivity contribution in [3.05, 3.63) is 54.1 Å². The second-order valence-corrected chi connectivity index (χ2v) is 8.36. The first-order chi connectivity index (χ1) is 13.9. The molecule has 1 aliphatic heterocycles. The van der Waals surface area contributed by atoms with Gasteiger partial charge in [-0.05, 0) is 67.8 Å². The van der Waals surface area contributed by atoms with Crippen molar-refractivity contribution in [3.8, 4) is 0 Å². The van der Waals surface area contributed by atoms with Gasteiger partial charge in [-0.15, -0.1) is 0 Å². The number of hydrogen-bond acceptors (Lipinski definition) is 5. The van der Waals surface area contributed by atoms with Crippen molar-refractivity contribution < 1.29 is 22.7 Å². The molecule has 0 atom stereocenters. The van der Waals surface area contributed by atoms with Crippen LogP contribution in [0.1, 0.15) is 29.6 Å². The van der Waals surface area contributed by atoms with Crippen LogP contribution in [0.25, 0.3) is 0 Å². The number of carbonyl (C=O) groups is 2. The van der Waals surface area contributed by atoms with E-state index in [1.165, 1.54) is 43.5 Å². The van der Waals surface area contributed by atoms with Crippen molar-refractivity contribution in [1.82, 2.24) is 4.90 Å². The van der Waals surface area contributed by atoms with E-state index >= 15 is 0 Å². The smallest absolute Gasteiger partial charge is 0.337 e. The molecule has 2 amide bonds. The Kier molecular flexibility index (Phi) is 6.38. The Bertz CT molecular complexity index is 966. The third kappa shape index (κ3) is 5.26. The molecular formula is C20H23N3O5S. The quantitative estimate of drug-likeness (QED) is 0.727. The fraction of sp³-hybridized carbons (Fsp3) is 0.300. The van der Waals surface area contributed by atoms with Gasteiger partial charge >= 0.3 is 12.0 Å². The number of benzene rings is 2. The molecule has 0 bridgehead atoms. The summed E-state index contributed by atoms with van der Waals surface area (Å²) in [7, 11) is -2.53. The van der Waals surface area contributed by atoms with Gasteiger partial charge in [-0.3, -0.25) is 4.72 Å². The largest absolute Gasteiger partial charge is 0.465 e. The van der Waals surface area contributed by atoms with E-state index < -0.39 is 16.0 Å². The molecule has 1 saturated heterocycles. The van der Waals surface area contributed by atoms with Gasteiger partial charge in [0, 0.05) is 24.5 Å². The van der Waals surface area contributed by atoms with Crippen LogP contribution in [0.4, 0.5) is 16.2 Å². The Morgan fingerprint density at radius 2 is 1.48 bits per heavy atom. The van der Waals surface area contributed by atoms with Gasteiger partial charge in [-0.1, -0.05) is 0 Å². The Hall–Kier alpha value is -3.07. The lowest BCUT2D eigenvalue weighted by molar-refractivity contribution is 0.0600. The summed E-state index contributed by atoms with van der Waals surface area (Å²) < 4.78 is 32.2. The molecular weight excluding hydrogens is 394 g/mol. The van der Waals surface area contributed by atoms with Gasteiger partial charge in [-0.2, -0.15) is 0 Å².